The van der Waals surface area contributed by atoms with E-state index < -0.39 is 5.60 Å². The SMILES string of the molecule is Cc1ccc(Nc2cc(C#CC(C)(C)O)c3noc4c3c2C(=O)c2ccccc2-4)cc1. The van der Waals surface area contributed by atoms with Gasteiger partial charge >= 0.3 is 0 Å². The van der Waals surface area contributed by atoms with Crippen molar-refractivity contribution in [1.29, 1.82) is 0 Å². The molecule has 0 unspecified atom stereocenters. The van der Waals surface area contributed by atoms with Crippen LogP contribution in [0.5, 0.6) is 0 Å². The van der Waals surface area contributed by atoms with Crippen LogP contribution in [0.3, 0.4) is 0 Å². The number of aryl methyl sites for hydroxylation is 1. The lowest BCUT2D eigenvalue weighted by Crippen LogP contribution is -2.14. The van der Waals surface area contributed by atoms with E-state index >= 15 is 0 Å². The van der Waals surface area contributed by atoms with Crippen LogP contribution >= 0.6 is 0 Å². The molecule has 1 heterocycles. The third kappa shape index (κ3) is 3.27. The molecule has 5 nitrogen and oxygen atoms in total. The van der Waals surface area contributed by atoms with Gasteiger partial charge in [0.25, 0.3) is 0 Å². The number of aromatic nitrogens is 1. The highest BCUT2D eigenvalue weighted by Crippen LogP contribution is 2.44. The molecular weight excluding hydrogens is 388 g/mol. The number of rotatable bonds is 2. The number of carbonyl (C=O) groups excluding carboxylic acids is 1. The van der Waals surface area contributed by atoms with E-state index in [2.05, 4.69) is 22.3 Å². The summed E-state index contributed by atoms with van der Waals surface area (Å²) >= 11 is 0. The molecule has 0 saturated carbocycles. The van der Waals surface area contributed by atoms with E-state index in [0.29, 0.717) is 39.0 Å². The van der Waals surface area contributed by atoms with Crippen molar-refractivity contribution in [2.45, 2.75) is 26.4 Å². The maximum atomic E-state index is 13.5. The van der Waals surface area contributed by atoms with Gasteiger partial charge in [0.1, 0.15) is 11.1 Å². The van der Waals surface area contributed by atoms with Crippen LogP contribution in [0.25, 0.3) is 22.2 Å². The van der Waals surface area contributed by atoms with Crippen molar-refractivity contribution in [3.05, 3.63) is 76.9 Å². The lowest BCUT2D eigenvalue weighted by Gasteiger charge is -2.18. The number of carbonyl (C=O) groups is 1. The summed E-state index contributed by atoms with van der Waals surface area (Å²) in [5, 5.41) is 18.3. The Morgan fingerprint density at radius 3 is 2.48 bits per heavy atom. The van der Waals surface area contributed by atoms with Gasteiger partial charge in [-0.25, -0.2) is 0 Å². The molecule has 5 heteroatoms. The molecule has 0 radical (unpaired) electrons. The van der Waals surface area contributed by atoms with Crippen LogP contribution < -0.4 is 5.32 Å². The number of hydrogen-bond donors (Lipinski definition) is 2. The van der Waals surface area contributed by atoms with Gasteiger partial charge in [-0.1, -0.05) is 59.0 Å². The number of hydrogen-bond acceptors (Lipinski definition) is 5. The van der Waals surface area contributed by atoms with Gasteiger partial charge in [-0.2, -0.15) is 0 Å². The van der Waals surface area contributed by atoms with E-state index in [0.717, 1.165) is 16.8 Å². The Morgan fingerprint density at radius 1 is 1.06 bits per heavy atom. The van der Waals surface area contributed by atoms with Crippen molar-refractivity contribution in [1.82, 2.24) is 5.16 Å². The molecule has 5 rings (SSSR count). The van der Waals surface area contributed by atoms with Crippen molar-refractivity contribution in [2.75, 3.05) is 5.32 Å². The van der Waals surface area contributed by atoms with Crippen LogP contribution in [-0.4, -0.2) is 21.6 Å². The molecule has 1 aliphatic rings. The normalized spacial score (nSPS) is 12.3. The second-order valence-electron chi connectivity index (χ2n) is 8.26. The zero-order valence-electron chi connectivity index (χ0n) is 17.4. The standard InChI is InChI=1S/C26H20N2O3/c1-15-8-10-17(11-9-15)27-20-14-16(12-13-26(2,3)30)23-22-21(20)24(29)18-6-4-5-7-19(18)25(22)31-28-23/h4-11,14,27,30H,1-3H3. The maximum absolute atomic E-state index is 13.5. The van der Waals surface area contributed by atoms with Gasteiger partial charge in [-0.05, 0) is 39.0 Å². The average molecular weight is 408 g/mol. The molecule has 152 valence electrons. The minimum Gasteiger partial charge on any atom is -0.378 e. The second kappa shape index (κ2) is 6.83. The smallest absolute Gasteiger partial charge is 0.196 e. The molecule has 1 aliphatic carbocycles. The monoisotopic (exact) mass is 408 g/mol. The maximum Gasteiger partial charge on any atom is 0.196 e. The molecule has 0 spiro atoms. The molecule has 1 aromatic heterocycles. The average Bonchev–Trinajstić information content (AvgIpc) is 3.18. The van der Waals surface area contributed by atoms with Crippen molar-refractivity contribution < 1.29 is 14.4 Å². The number of fused-ring (bicyclic) bond motifs is 2. The fourth-order valence-corrected chi connectivity index (χ4v) is 3.77. The first-order chi connectivity index (χ1) is 14.8. The third-order valence-corrected chi connectivity index (χ3v) is 5.23. The Bertz CT molecular complexity index is 1410. The number of aliphatic hydroxyl groups is 1. The predicted molar refractivity (Wildman–Crippen MR) is 121 cm³/mol. The largest absolute Gasteiger partial charge is 0.378 e. The first-order valence-corrected chi connectivity index (χ1v) is 10.0. The van der Waals surface area contributed by atoms with E-state index in [4.69, 9.17) is 4.52 Å². The Kier molecular flexibility index (Phi) is 4.21. The van der Waals surface area contributed by atoms with Crippen molar-refractivity contribution in [3.63, 3.8) is 0 Å². The molecule has 2 N–H and O–H groups in total. The third-order valence-electron chi connectivity index (χ3n) is 5.23. The highest BCUT2D eigenvalue weighted by atomic mass is 16.5. The summed E-state index contributed by atoms with van der Waals surface area (Å²) in [5.74, 6) is 6.32. The molecule has 31 heavy (non-hydrogen) atoms. The van der Waals surface area contributed by atoms with Gasteiger partial charge in [0.05, 0.1) is 22.2 Å². The van der Waals surface area contributed by atoms with Gasteiger partial charge in [0.15, 0.2) is 11.5 Å². The minimum atomic E-state index is -1.17. The van der Waals surface area contributed by atoms with Crippen LogP contribution in [0.2, 0.25) is 0 Å². The summed E-state index contributed by atoms with van der Waals surface area (Å²) in [7, 11) is 0. The fourth-order valence-electron chi connectivity index (χ4n) is 3.77. The van der Waals surface area contributed by atoms with E-state index in [1.165, 1.54) is 0 Å². The summed E-state index contributed by atoms with van der Waals surface area (Å²) in [5.41, 5.74) is 4.36. The van der Waals surface area contributed by atoms with Gasteiger partial charge in [0, 0.05) is 16.8 Å². The molecule has 3 aromatic carbocycles. The topological polar surface area (TPSA) is 75.4 Å². The highest BCUT2D eigenvalue weighted by molar-refractivity contribution is 6.28. The first-order valence-electron chi connectivity index (χ1n) is 10.0. The van der Waals surface area contributed by atoms with Crippen LogP contribution in [0, 0.1) is 18.8 Å². The first kappa shape index (κ1) is 19.1. The quantitative estimate of drug-likeness (QED) is 0.392. The van der Waals surface area contributed by atoms with Crippen molar-refractivity contribution in [2.24, 2.45) is 0 Å². The van der Waals surface area contributed by atoms with Gasteiger partial charge in [0.2, 0.25) is 0 Å². The van der Waals surface area contributed by atoms with E-state index in [9.17, 15) is 9.90 Å². The van der Waals surface area contributed by atoms with Crippen molar-refractivity contribution >= 4 is 28.1 Å². The summed E-state index contributed by atoms with van der Waals surface area (Å²) in [6, 6.07) is 17.1. The zero-order valence-corrected chi connectivity index (χ0v) is 17.4. The molecular formula is C26H20N2O3. The number of ketones is 1. The molecule has 0 fully saturated rings. The van der Waals surface area contributed by atoms with Gasteiger partial charge in [-0.3, -0.25) is 4.79 Å². The van der Waals surface area contributed by atoms with Crippen molar-refractivity contribution in [3.8, 4) is 23.2 Å². The summed E-state index contributed by atoms with van der Waals surface area (Å²) in [4.78, 5) is 13.5. The summed E-state index contributed by atoms with van der Waals surface area (Å²) in [6.07, 6.45) is 0. The Labute approximate surface area is 179 Å². The highest BCUT2D eigenvalue weighted by Gasteiger charge is 2.32. The Morgan fingerprint density at radius 2 is 1.77 bits per heavy atom. The number of nitrogens with one attached hydrogen (secondary N) is 1. The van der Waals surface area contributed by atoms with Crippen LogP contribution in [0.15, 0.2) is 59.1 Å². The van der Waals surface area contributed by atoms with E-state index in [-0.39, 0.29) is 5.78 Å². The molecule has 0 amide bonds. The van der Waals surface area contributed by atoms with Crippen LogP contribution in [0.1, 0.15) is 40.9 Å². The zero-order chi connectivity index (χ0) is 21.8. The number of nitrogens with zero attached hydrogens (tertiary/aromatic N) is 1. The summed E-state index contributed by atoms with van der Waals surface area (Å²) in [6.45, 7) is 5.26. The molecule has 0 aliphatic heterocycles. The number of anilines is 2. The molecule has 4 aromatic rings. The lowest BCUT2D eigenvalue weighted by atomic mass is 9.85. The lowest BCUT2D eigenvalue weighted by molar-refractivity contribution is 0.104. The summed E-state index contributed by atoms with van der Waals surface area (Å²) < 4.78 is 5.70. The minimum absolute atomic E-state index is 0.0899. The molecule has 0 atom stereocenters. The Hall–Kier alpha value is -3.88. The fraction of sp³-hybridized carbons (Fsp3) is 0.154. The molecule has 0 bridgehead atoms. The Balaban J connectivity index is 1.80. The van der Waals surface area contributed by atoms with E-state index in [1.54, 1.807) is 26.0 Å². The van der Waals surface area contributed by atoms with E-state index in [1.807, 2.05) is 49.4 Å². The number of benzene rings is 3. The van der Waals surface area contributed by atoms with Gasteiger partial charge < -0.3 is 14.9 Å². The predicted octanol–water partition coefficient (Wildman–Crippen LogP) is 5.21. The molecule has 0 saturated heterocycles. The van der Waals surface area contributed by atoms with Crippen LogP contribution in [-0.2, 0) is 0 Å². The van der Waals surface area contributed by atoms with Crippen LogP contribution in [0.4, 0.5) is 11.4 Å². The second-order valence-corrected chi connectivity index (χ2v) is 8.26. The van der Waals surface area contributed by atoms with Gasteiger partial charge in [-0.15, -0.1) is 0 Å².